The molecule has 31 heavy (non-hydrogen) atoms. The summed E-state index contributed by atoms with van der Waals surface area (Å²) in [7, 11) is -4.60. The van der Waals surface area contributed by atoms with E-state index >= 15 is 0 Å². The predicted molar refractivity (Wildman–Crippen MR) is 124 cm³/mol. The SMILES string of the molecule is C=CC(=O)OP(CCCC)(Oc1ccccc1)(Oc1ccccc1)Oc1ccccc1. The molecule has 162 valence electrons. The third kappa shape index (κ3) is 5.87. The Labute approximate surface area is 183 Å². The maximum absolute atomic E-state index is 12.6. The molecule has 0 aromatic heterocycles. The van der Waals surface area contributed by atoms with E-state index in [0.717, 1.165) is 12.5 Å². The predicted octanol–water partition coefficient (Wildman–Crippen LogP) is 6.97. The second-order valence-corrected chi connectivity index (χ2v) is 9.97. The van der Waals surface area contributed by atoms with Gasteiger partial charge in [-0.1, -0.05) is 0 Å². The summed E-state index contributed by atoms with van der Waals surface area (Å²) in [5.74, 6) is 0.733. The molecule has 0 atom stereocenters. The van der Waals surface area contributed by atoms with Gasteiger partial charge in [0.25, 0.3) is 0 Å². The van der Waals surface area contributed by atoms with Crippen LogP contribution in [-0.4, -0.2) is 12.1 Å². The number of hydrogen-bond donors (Lipinski definition) is 0. The molecule has 0 bridgehead atoms. The molecule has 0 amide bonds. The molecule has 6 heteroatoms. The second-order valence-electron chi connectivity index (χ2n) is 6.87. The van der Waals surface area contributed by atoms with Crippen LogP contribution in [0.25, 0.3) is 0 Å². The first-order valence-corrected chi connectivity index (χ1v) is 12.3. The van der Waals surface area contributed by atoms with Crippen LogP contribution in [0.3, 0.4) is 0 Å². The number of rotatable bonds is 11. The van der Waals surface area contributed by atoms with Crippen LogP contribution >= 0.6 is 7.51 Å². The van der Waals surface area contributed by atoms with Gasteiger partial charge in [0.2, 0.25) is 0 Å². The molecule has 0 aliphatic carbocycles. The Bertz CT molecular complexity index is 872. The van der Waals surface area contributed by atoms with Crippen LogP contribution in [0.15, 0.2) is 104 Å². The summed E-state index contributed by atoms with van der Waals surface area (Å²) in [5, 5.41) is 0. The zero-order valence-electron chi connectivity index (χ0n) is 17.6. The number of carbonyl (C=O) groups is 1. The van der Waals surface area contributed by atoms with E-state index in [-0.39, 0.29) is 6.16 Å². The van der Waals surface area contributed by atoms with Crippen molar-refractivity contribution in [3.05, 3.63) is 104 Å². The molecule has 5 nitrogen and oxygen atoms in total. The summed E-state index contributed by atoms with van der Waals surface area (Å²) in [6, 6.07) is 27.3. The molecule has 0 radical (unpaired) electrons. The minimum absolute atomic E-state index is 0.236. The Morgan fingerprint density at radius 2 is 1.16 bits per heavy atom. The van der Waals surface area contributed by atoms with E-state index in [1.165, 1.54) is 0 Å². The summed E-state index contributed by atoms with van der Waals surface area (Å²) in [6.07, 6.45) is 2.79. The molecular weight excluding hydrogens is 411 g/mol. The van der Waals surface area contributed by atoms with Crippen LogP contribution in [0.2, 0.25) is 0 Å². The van der Waals surface area contributed by atoms with E-state index in [1.54, 1.807) is 36.4 Å². The van der Waals surface area contributed by atoms with E-state index in [1.807, 2.05) is 61.5 Å². The van der Waals surface area contributed by atoms with Gasteiger partial charge < -0.3 is 0 Å². The number of unbranched alkanes of at least 4 members (excludes halogenated alkanes) is 1. The molecule has 3 rings (SSSR count). The Hall–Kier alpha value is -3.30. The molecule has 0 aliphatic heterocycles. The van der Waals surface area contributed by atoms with Crippen LogP contribution in [0.5, 0.6) is 17.2 Å². The fourth-order valence-corrected chi connectivity index (χ4v) is 6.41. The summed E-state index contributed by atoms with van der Waals surface area (Å²) < 4.78 is 25.4. The van der Waals surface area contributed by atoms with Crippen molar-refractivity contribution in [3.63, 3.8) is 0 Å². The first kappa shape index (κ1) is 22.4. The van der Waals surface area contributed by atoms with Gasteiger partial charge in [-0.2, -0.15) is 0 Å². The van der Waals surface area contributed by atoms with Gasteiger partial charge in [-0.15, -0.1) is 0 Å². The van der Waals surface area contributed by atoms with Gasteiger partial charge >= 0.3 is 183 Å². The average molecular weight is 438 g/mol. The van der Waals surface area contributed by atoms with Gasteiger partial charge in [0.1, 0.15) is 0 Å². The Morgan fingerprint density at radius 1 is 0.774 bits per heavy atom. The first-order valence-electron chi connectivity index (χ1n) is 10.2. The van der Waals surface area contributed by atoms with Gasteiger partial charge in [0.15, 0.2) is 0 Å². The van der Waals surface area contributed by atoms with E-state index < -0.39 is 13.5 Å². The van der Waals surface area contributed by atoms with Crippen molar-refractivity contribution in [3.8, 4) is 17.2 Å². The van der Waals surface area contributed by atoms with Crippen molar-refractivity contribution in [2.75, 3.05) is 6.16 Å². The molecule has 0 heterocycles. The summed E-state index contributed by atoms with van der Waals surface area (Å²) >= 11 is 0. The van der Waals surface area contributed by atoms with Crippen LogP contribution in [-0.2, 0) is 9.32 Å². The standard InChI is InChI=1S/C25H27O5P/c1-3-5-21-31(30-25(26)4-2,27-22-15-9-6-10-16-22,28-23-17-11-7-12-18-23)29-24-19-13-8-14-20-24/h4,6-20H,2-3,5,21H2,1H3. The quantitative estimate of drug-likeness (QED) is 0.239. The molecule has 0 saturated heterocycles. The normalized spacial score (nSPS) is 12.1. The van der Waals surface area contributed by atoms with E-state index in [4.69, 9.17) is 18.1 Å². The molecule has 0 saturated carbocycles. The Balaban J connectivity index is 2.21. The summed E-state index contributed by atoms with van der Waals surface area (Å²) in [4.78, 5) is 12.6. The van der Waals surface area contributed by atoms with Crippen LogP contribution in [0, 0.1) is 0 Å². The van der Waals surface area contributed by atoms with Crippen LogP contribution in [0.4, 0.5) is 0 Å². The van der Waals surface area contributed by atoms with E-state index in [2.05, 4.69) is 6.58 Å². The molecule has 0 spiro atoms. The maximum atomic E-state index is 12.6. The van der Waals surface area contributed by atoms with Crippen molar-refractivity contribution in [2.24, 2.45) is 0 Å². The van der Waals surface area contributed by atoms with Crippen LogP contribution < -0.4 is 13.6 Å². The zero-order chi connectivity index (χ0) is 22.0. The molecule has 0 fully saturated rings. The molecule has 0 aliphatic rings. The number of para-hydroxylation sites is 3. The molecule has 3 aromatic rings. The van der Waals surface area contributed by atoms with Crippen molar-refractivity contribution in [1.29, 1.82) is 0 Å². The fourth-order valence-electron chi connectivity index (χ4n) is 2.98. The molecule has 0 unspecified atom stereocenters. The molecule has 3 aromatic carbocycles. The van der Waals surface area contributed by atoms with Crippen molar-refractivity contribution in [1.82, 2.24) is 0 Å². The first-order chi connectivity index (χ1) is 15.1. The zero-order valence-corrected chi connectivity index (χ0v) is 18.4. The average Bonchev–Trinajstić information content (AvgIpc) is 2.80. The molecule has 0 N–H and O–H groups in total. The number of carbonyl (C=O) groups excluding carboxylic acids is 1. The van der Waals surface area contributed by atoms with Gasteiger partial charge in [0, 0.05) is 0 Å². The minimum atomic E-state index is -4.60. The van der Waals surface area contributed by atoms with Crippen LogP contribution in [0.1, 0.15) is 19.8 Å². The van der Waals surface area contributed by atoms with Crippen molar-refractivity contribution >= 4 is 13.5 Å². The van der Waals surface area contributed by atoms with E-state index in [9.17, 15) is 4.79 Å². The second kappa shape index (κ2) is 10.1. The Kier molecular flexibility index (Phi) is 7.32. The Morgan fingerprint density at radius 3 is 1.48 bits per heavy atom. The van der Waals surface area contributed by atoms with Crippen molar-refractivity contribution < 1.29 is 22.9 Å². The summed E-state index contributed by atoms with van der Waals surface area (Å²) in [5.41, 5.74) is 0. The summed E-state index contributed by atoms with van der Waals surface area (Å²) in [6.45, 7) is 5.59. The number of benzene rings is 3. The van der Waals surface area contributed by atoms with Gasteiger partial charge in [-0.25, -0.2) is 0 Å². The third-order valence-corrected chi connectivity index (χ3v) is 7.65. The molecular formula is C25H27O5P. The number of hydrogen-bond acceptors (Lipinski definition) is 5. The van der Waals surface area contributed by atoms with Gasteiger partial charge in [-0.05, 0) is 0 Å². The monoisotopic (exact) mass is 438 g/mol. The van der Waals surface area contributed by atoms with Gasteiger partial charge in [0.05, 0.1) is 0 Å². The third-order valence-electron chi connectivity index (χ3n) is 4.38. The van der Waals surface area contributed by atoms with Gasteiger partial charge in [-0.3, -0.25) is 0 Å². The topological polar surface area (TPSA) is 54.0 Å². The van der Waals surface area contributed by atoms with E-state index in [0.29, 0.717) is 23.7 Å². The fraction of sp³-hybridized carbons (Fsp3) is 0.160. The van der Waals surface area contributed by atoms with Crippen molar-refractivity contribution in [2.45, 2.75) is 19.8 Å².